The molecule has 0 aliphatic heterocycles. The van der Waals surface area contributed by atoms with Crippen molar-refractivity contribution in [2.75, 3.05) is 18.4 Å². The third-order valence-corrected chi connectivity index (χ3v) is 9.10. The molecule has 0 radical (unpaired) electrons. The van der Waals surface area contributed by atoms with Gasteiger partial charge >= 0.3 is 12.4 Å². The minimum Gasteiger partial charge on any atom is -0.329 e. The van der Waals surface area contributed by atoms with Crippen LogP contribution in [-0.4, -0.2) is 38.6 Å². The number of rotatable bonds is 11. The summed E-state index contributed by atoms with van der Waals surface area (Å²) in [6.45, 7) is 13.7. The lowest BCUT2D eigenvalue weighted by molar-refractivity contribution is -0.143. The van der Waals surface area contributed by atoms with Crippen molar-refractivity contribution in [2.45, 2.75) is 117 Å². The molecule has 268 valence electrons. The summed E-state index contributed by atoms with van der Waals surface area (Å²) in [6.07, 6.45) is 3.80. The number of alkyl halides is 6. The number of nitrogens with one attached hydrogen (secondary N) is 1. The number of halogens is 6. The van der Waals surface area contributed by atoms with E-state index in [-0.39, 0.29) is 18.1 Å². The van der Waals surface area contributed by atoms with Gasteiger partial charge in [0.25, 0.3) is 0 Å². The summed E-state index contributed by atoms with van der Waals surface area (Å²) < 4.78 is 82.0. The topological polar surface area (TPSA) is 46.0 Å². The van der Waals surface area contributed by atoms with E-state index in [4.69, 9.17) is 0 Å². The Labute approximate surface area is 286 Å². The van der Waals surface area contributed by atoms with Gasteiger partial charge in [0.15, 0.2) is 0 Å². The smallest absolute Gasteiger partial charge is 0.329 e. The van der Waals surface area contributed by atoms with Gasteiger partial charge in [-0.2, -0.15) is 31.3 Å². The minimum atomic E-state index is -4.94. The molecule has 49 heavy (non-hydrogen) atoms. The van der Waals surface area contributed by atoms with E-state index in [0.29, 0.717) is 17.8 Å². The molecule has 2 heterocycles. The molecule has 0 amide bonds. The van der Waals surface area contributed by atoms with Crippen LogP contribution < -0.4 is 5.32 Å². The van der Waals surface area contributed by atoms with E-state index in [1.54, 1.807) is 6.20 Å². The van der Waals surface area contributed by atoms with Gasteiger partial charge in [0.2, 0.25) is 5.95 Å². The number of aryl methyl sites for hydroxylation is 1. The predicted molar refractivity (Wildman–Crippen MR) is 186 cm³/mol. The van der Waals surface area contributed by atoms with Gasteiger partial charge in [-0.3, -0.25) is 0 Å². The van der Waals surface area contributed by atoms with E-state index in [2.05, 4.69) is 71.5 Å². The second kappa shape index (κ2) is 16.9. The zero-order chi connectivity index (χ0) is 35.8. The van der Waals surface area contributed by atoms with Gasteiger partial charge in [0, 0.05) is 41.1 Å². The summed E-state index contributed by atoms with van der Waals surface area (Å²) in [5, 5.41) is 3.35. The van der Waals surface area contributed by atoms with Gasteiger partial charge in [-0.05, 0) is 88.4 Å². The second-order valence-corrected chi connectivity index (χ2v) is 13.1. The molecular formula is C38H49F6N5. The van der Waals surface area contributed by atoms with Gasteiger partial charge in [0.1, 0.15) is 5.65 Å². The number of nitrogens with zero attached hydrogens (tertiary/aromatic N) is 4. The molecule has 1 aliphatic carbocycles. The lowest BCUT2D eigenvalue weighted by Crippen LogP contribution is -2.32. The third-order valence-electron chi connectivity index (χ3n) is 9.10. The van der Waals surface area contributed by atoms with Gasteiger partial charge in [0.05, 0.1) is 11.1 Å². The Balaban J connectivity index is 0.000000424. The summed E-state index contributed by atoms with van der Waals surface area (Å²) in [5.74, 6) is -0.0759. The van der Waals surface area contributed by atoms with Crippen LogP contribution in [0.3, 0.4) is 0 Å². The molecule has 1 fully saturated rings. The van der Waals surface area contributed by atoms with Crippen LogP contribution in [0.4, 0.5) is 38.0 Å². The molecule has 1 saturated carbocycles. The van der Waals surface area contributed by atoms with E-state index in [1.165, 1.54) is 37.9 Å². The average molecular weight is 690 g/mol. The van der Waals surface area contributed by atoms with Crippen LogP contribution in [0.2, 0.25) is 0 Å². The molecule has 5 rings (SSSR count). The lowest BCUT2D eigenvalue weighted by Gasteiger charge is -2.25. The Bertz CT molecular complexity index is 1590. The van der Waals surface area contributed by atoms with Gasteiger partial charge in [-0.25, -0.2) is 4.98 Å². The van der Waals surface area contributed by atoms with Crippen molar-refractivity contribution in [2.24, 2.45) is 0 Å². The number of hydrogen-bond donors (Lipinski definition) is 1. The van der Waals surface area contributed by atoms with Crippen LogP contribution in [0, 0.1) is 0 Å². The maximum Gasteiger partial charge on any atom is 0.416 e. The molecule has 4 aromatic rings. The zero-order valence-corrected chi connectivity index (χ0v) is 29.2. The minimum absolute atomic E-state index is 0.0759. The highest BCUT2D eigenvalue weighted by Gasteiger charge is 2.37. The van der Waals surface area contributed by atoms with Crippen LogP contribution in [-0.2, 0) is 18.8 Å². The van der Waals surface area contributed by atoms with Crippen molar-refractivity contribution >= 4 is 22.7 Å². The number of aromatic nitrogens is 3. The largest absolute Gasteiger partial charge is 0.416 e. The van der Waals surface area contributed by atoms with Crippen LogP contribution in [0.25, 0.3) is 22.2 Å². The van der Waals surface area contributed by atoms with Gasteiger partial charge in [-0.1, -0.05) is 70.7 Å². The first kappa shape index (κ1) is 38.2. The summed E-state index contributed by atoms with van der Waals surface area (Å²) in [7, 11) is 0. The lowest BCUT2D eigenvalue weighted by atomic mass is 9.95. The van der Waals surface area contributed by atoms with Crippen molar-refractivity contribution < 1.29 is 26.3 Å². The van der Waals surface area contributed by atoms with Crippen molar-refractivity contribution in [1.82, 2.24) is 19.4 Å². The summed E-state index contributed by atoms with van der Waals surface area (Å²) >= 11 is 0. The number of unbranched alkanes of at least 4 members (excludes halogenated alkanes) is 1. The van der Waals surface area contributed by atoms with Gasteiger partial charge in [-0.15, -0.1) is 0 Å². The average Bonchev–Trinajstić information content (AvgIpc) is 3.45. The quantitative estimate of drug-likeness (QED) is 0.159. The Morgan fingerprint density at radius 1 is 0.857 bits per heavy atom. The highest BCUT2D eigenvalue weighted by molar-refractivity contribution is 5.94. The standard InChI is InChI=1S/C28H26F6N4.C10H23N/c1-2-17-8-10-18(11-9-17)24-16-38(22-6-4-3-5-7-22)25-23(24)15-35-26(37-25)36-21-13-19(27(29,30)31)12-20(14-21)28(32,33)34;1-5-7-9-11(8-6-2)10(3)4/h8-16,22H,2-7H2,1H3,(H,35,36,37);10H,5-9H2,1-4H3. The molecule has 0 saturated heterocycles. The van der Waals surface area contributed by atoms with E-state index in [0.717, 1.165) is 61.1 Å². The number of anilines is 2. The van der Waals surface area contributed by atoms with E-state index >= 15 is 0 Å². The Hall–Kier alpha value is -3.60. The monoisotopic (exact) mass is 689 g/mol. The fourth-order valence-electron chi connectivity index (χ4n) is 6.31. The van der Waals surface area contributed by atoms with Crippen molar-refractivity contribution in [3.63, 3.8) is 0 Å². The van der Waals surface area contributed by atoms with Crippen molar-refractivity contribution in [1.29, 1.82) is 0 Å². The normalized spacial score (nSPS) is 14.4. The zero-order valence-electron chi connectivity index (χ0n) is 29.2. The highest BCUT2D eigenvalue weighted by atomic mass is 19.4. The Morgan fingerprint density at radius 3 is 2.02 bits per heavy atom. The van der Waals surface area contributed by atoms with E-state index in [9.17, 15) is 26.3 Å². The number of benzene rings is 2. The van der Waals surface area contributed by atoms with Gasteiger partial charge < -0.3 is 14.8 Å². The molecule has 1 aliphatic rings. The molecule has 0 bridgehead atoms. The van der Waals surface area contributed by atoms with Crippen LogP contribution in [0.5, 0.6) is 0 Å². The SMILES string of the molecule is CCCCN(CCC)C(C)C.CCc1ccc(-c2cn(C3CCCCC3)c3nc(Nc4cc(C(F)(F)F)cc(C(F)(F)F)c4)ncc23)cc1. The maximum atomic E-state index is 13.3. The van der Waals surface area contributed by atoms with Crippen LogP contribution >= 0.6 is 0 Å². The molecule has 1 N–H and O–H groups in total. The van der Waals surface area contributed by atoms with Crippen LogP contribution in [0.1, 0.15) is 109 Å². The second-order valence-electron chi connectivity index (χ2n) is 13.1. The molecule has 2 aromatic heterocycles. The molecule has 0 atom stereocenters. The molecule has 0 spiro atoms. The summed E-state index contributed by atoms with van der Waals surface area (Å²) in [4.78, 5) is 11.4. The molecule has 11 heteroatoms. The Kier molecular flexibility index (Phi) is 13.2. The van der Waals surface area contributed by atoms with E-state index < -0.39 is 29.2 Å². The number of hydrogen-bond acceptors (Lipinski definition) is 4. The molecule has 2 aromatic carbocycles. The number of fused-ring (bicyclic) bond motifs is 1. The predicted octanol–water partition coefficient (Wildman–Crippen LogP) is 11.9. The first-order valence-electron chi connectivity index (χ1n) is 17.5. The Morgan fingerprint density at radius 2 is 1.49 bits per heavy atom. The summed E-state index contributed by atoms with van der Waals surface area (Å²) in [5.41, 5.74) is 0.506. The van der Waals surface area contributed by atoms with Crippen molar-refractivity contribution in [3.05, 3.63) is 71.5 Å². The van der Waals surface area contributed by atoms with Crippen LogP contribution in [0.15, 0.2) is 54.9 Å². The highest BCUT2D eigenvalue weighted by Crippen LogP contribution is 2.39. The first-order valence-corrected chi connectivity index (χ1v) is 17.5. The third kappa shape index (κ3) is 10.2. The van der Waals surface area contributed by atoms with Crippen molar-refractivity contribution in [3.8, 4) is 11.1 Å². The molecule has 5 nitrogen and oxygen atoms in total. The fraction of sp³-hybridized carbons (Fsp3) is 0.526. The fourth-order valence-corrected chi connectivity index (χ4v) is 6.31. The molecule has 0 unspecified atom stereocenters. The maximum absolute atomic E-state index is 13.3. The van der Waals surface area contributed by atoms with E-state index in [1.807, 2.05) is 18.3 Å². The summed E-state index contributed by atoms with van der Waals surface area (Å²) in [6, 6.07) is 10.5. The first-order chi connectivity index (χ1) is 23.2. The molecular weight excluding hydrogens is 640 g/mol.